The van der Waals surface area contributed by atoms with Crippen molar-refractivity contribution in [2.24, 2.45) is 0 Å². The van der Waals surface area contributed by atoms with E-state index < -0.39 is 6.04 Å². The fourth-order valence-corrected chi connectivity index (χ4v) is 2.86. The summed E-state index contributed by atoms with van der Waals surface area (Å²) in [5, 5.41) is 15.4. The Bertz CT molecular complexity index is 648. The van der Waals surface area contributed by atoms with E-state index in [-0.39, 0.29) is 5.91 Å². The summed E-state index contributed by atoms with van der Waals surface area (Å²) in [6.07, 6.45) is 4.50. The number of aromatic nitrogens is 4. The van der Waals surface area contributed by atoms with Crippen LogP contribution in [0.5, 0.6) is 0 Å². The Labute approximate surface area is 137 Å². The summed E-state index contributed by atoms with van der Waals surface area (Å²) in [6.45, 7) is 1.79. The number of nitrogens with one attached hydrogen (secondary N) is 1. The van der Waals surface area contributed by atoms with Crippen molar-refractivity contribution < 1.29 is 4.79 Å². The second-order valence-corrected chi connectivity index (χ2v) is 6.52. The van der Waals surface area contributed by atoms with Gasteiger partial charge in [-0.05, 0) is 49.2 Å². The van der Waals surface area contributed by atoms with Crippen molar-refractivity contribution in [1.29, 1.82) is 0 Å². The molecule has 116 valence electrons. The molecule has 0 spiro atoms. The summed E-state index contributed by atoms with van der Waals surface area (Å²) in [7, 11) is 0. The number of rotatable bonds is 4. The molecule has 0 bridgehead atoms. The van der Waals surface area contributed by atoms with Gasteiger partial charge in [-0.15, -0.1) is 10.2 Å². The van der Waals surface area contributed by atoms with Gasteiger partial charge in [0.1, 0.15) is 6.04 Å². The minimum absolute atomic E-state index is 0.0494. The first-order valence-corrected chi connectivity index (χ1v) is 8.28. The molecule has 3 rings (SSSR count). The molecule has 1 N–H and O–H groups in total. The van der Waals surface area contributed by atoms with Crippen LogP contribution in [0.3, 0.4) is 0 Å². The van der Waals surface area contributed by atoms with Gasteiger partial charge in [-0.1, -0.05) is 28.8 Å². The maximum Gasteiger partial charge on any atom is 0.246 e. The normalized spacial score (nSPS) is 16.6. The zero-order valence-corrected chi connectivity index (χ0v) is 14.0. The van der Waals surface area contributed by atoms with Crippen LogP contribution < -0.4 is 5.32 Å². The van der Waals surface area contributed by atoms with Crippen LogP contribution in [0, 0.1) is 0 Å². The molecule has 1 heterocycles. The van der Waals surface area contributed by atoms with Gasteiger partial charge >= 0.3 is 0 Å². The molecule has 1 atom stereocenters. The summed E-state index contributed by atoms with van der Waals surface area (Å²) in [5.74, 6) is 0.472. The molecule has 0 unspecified atom stereocenters. The second kappa shape index (κ2) is 6.56. The quantitative estimate of drug-likeness (QED) is 0.906. The molecule has 2 aromatic rings. The van der Waals surface area contributed by atoms with E-state index in [4.69, 9.17) is 0 Å². The molecule has 1 saturated carbocycles. The van der Waals surface area contributed by atoms with Gasteiger partial charge in [0, 0.05) is 16.1 Å². The summed E-state index contributed by atoms with van der Waals surface area (Å²) in [4.78, 5) is 13.6. The van der Waals surface area contributed by atoms with Crippen LogP contribution in [0.1, 0.15) is 38.6 Å². The predicted molar refractivity (Wildman–Crippen MR) is 86.1 cm³/mol. The van der Waals surface area contributed by atoms with E-state index in [2.05, 4.69) is 36.7 Å². The average molecular weight is 364 g/mol. The molecular weight excluding hydrogens is 346 g/mol. The van der Waals surface area contributed by atoms with Crippen molar-refractivity contribution >= 4 is 21.8 Å². The molecule has 0 radical (unpaired) electrons. The lowest BCUT2D eigenvalue weighted by molar-refractivity contribution is -0.125. The van der Waals surface area contributed by atoms with Crippen LogP contribution >= 0.6 is 15.9 Å². The summed E-state index contributed by atoms with van der Waals surface area (Å²) in [6, 6.07) is 7.50. The standard InChI is InChI=1S/C15H18BrN5O/c1-10(15(22)17-13-4-2-3-5-13)21-19-14(18-20-21)11-6-8-12(16)9-7-11/h6-10,13H,2-5H2,1H3,(H,17,22)/t10-/m0/s1. The summed E-state index contributed by atoms with van der Waals surface area (Å²) < 4.78 is 0.993. The van der Waals surface area contributed by atoms with Gasteiger partial charge in [0.25, 0.3) is 0 Å². The van der Waals surface area contributed by atoms with Crippen LogP contribution in [-0.2, 0) is 4.79 Å². The maximum absolute atomic E-state index is 12.2. The summed E-state index contributed by atoms with van der Waals surface area (Å²) >= 11 is 3.39. The molecule has 0 aliphatic heterocycles. The monoisotopic (exact) mass is 363 g/mol. The van der Waals surface area contributed by atoms with Crippen LogP contribution in [0.15, 0.2) is 28.7 Å². The highest BCUT2D eigenvalue weighted by atomic mass is 79.9. The first-order valence-electron chi connectivity index (χ1n) is 7.49. The van der Waals surface area contributed by atoms with E-state index in [9.17, 15) is 4.79 Å². The van der Waals surface area contributed by atoms with E-state index in [0.717, 1.165) is 22.9 Å². The van der Waals surface area contributed by atoms with Crippen LogP contribution in [-0.4, -0.2) is 32.2 Å². The molecule has 1 aliphatic carbocycles. The third-order valence-corrected chi connectivity index (χ3v) is 4.49. The second-order valence-electron chi connectivity index (χ2n) is 5.61. The van der Waals surface area contributed by atoms with Crippen molar-refractivity contribution in [3.05, 3.63) is 28.7 Å². The molecule has 1 aromatic heterocycles. The molecule has 7 heteroatoms. The highest BCUT2D eigenvalue weighted by Crippen LogP contribution is 2.20. The number of benzene rings is 1. The Morgan fingerprint density at radius 3 is 2.68 bits per heavy atom. The van der Waals surface area contributed by atoms with Gasteiger partial charge in [0.05, 0.1) is 0 Å². The zero-order valence-electron chi connectivity index (χ0n) is 12.4. The first-order chi connectivity index (χ1) is 10.6. The highest BCUT2D eigenvalue weighted by molar-refractivity contribution is 9.10. The fourth-order valence-electron chi connectivity index (χ4n) is 2.60. The van der Waals surface area contributed by atoms with E-state index in [0.29, 0.717) is 11.9 Å². The van der Waals surface area contributed by atoms with Crippen LogP contribution in [0.25, 0.3) is 11.4 Å². The number of nitrogens with zero attached hydrogens (tertiary/aromatic N) is 4. The molecule has 1 aromatic carbocycles. The molecule has 1 aliphatic rings. The third-order valence-electron chi connectivity index (χ3n) is 3.96. The van der Waals surface area contributed by atoms with E-state index in [1.807, 2.05) is 24.3 Å². The van der Waals surface area contributed by atoms with Crippen LogP contribution in [0.4, 0.5) is 0 Å². The summed E-state index contributed by atoms with van der Waals surface area (Å²) in [5.41, 5.74) is 0.873. The van der Waals surface area contributed by atoms with Crippen molar-refractivity contribution in [2.45, 2.75) is 44.7 Å². The molecule has 6 nitrogen and oxygen atoms in total. The largest absolute Gasteiger partial charge is 0.351 e. The van der Waals surface area contributed by atoms with Gasteiger partial charge in [0.2, 0.25) is 11.7 Å². The first kappa shape index (κ1) is 15.1. The Hall–Kier alpha value is -1.76. The van der Waals surface area contributed by atoms with E-state index in [1.54, 1.807) is 6.92 Å². The van der Waals surface area contributed by atoms with E-state index >= 15 is 0 Å². The topological polar surface area (TPSA) is 72.7 Å². The van der Waals surface area contributed by atoms with Crippen molar-refractivity contribution in [3.8, 4) is 11.4 Å². The third kappa shape index (κ3) is 3.35. The number of hydrogen-bond acceptors (Lipinski definition) is 4. The Morgan fingerprint density at radius 1 is 1.32 bits per heavy atom. The molecule has 22 heavy (non-hydrogen) atoms. The van der Waals surface area contributed by atoms with E-state index in [1.165, 1.54) is 17.6 Å². The van der Waals surface area contributed by atoms with Crippen molar-refractivity contribution in [1.82, 2.24) is 25.5 Å². The Morgan fingerprint density at radius 2 is 2.00 bits per heavy atom. The van der Waals surface area contributed by atoms with Gasteiger partial charge in [0.15, 0.2) is 0 Å². The van der Waals surface area contributed by atoms with Crippen molar-refractivity contribution in [2.75, 3.05) is 0 Å². The fraction of sp³-hybridized carbons (Fsp3) is 0.467. The molecule has 0 saturated heterocycles. The number of tetrazole rings is 1. The number of carbonyl (C=O) groups excluding carboxylic acids is 1. The van der Waals surface area contributed by atoms with Gasteiger partial charge in [-0.2, -0.15) is 4.80 Å². The molecular formula is C15H18BrN5O. The van der Waals surface area contributed by atoms with Crippen LogP contribution in [0.2, 0.25) is 0 Å². The Kier molecular flexibility index (Phi) is 4.52. The predicted octanol–water partition coefficient (Wildman–Crippen LogP) is 2.72. The SMILES string of the molecule is C[C@@H](C(=O)NC1CCCC1)n1nnc(-c2ccc(Br)cc2)n1. The lowest BCUT2D eigenvalue weighted by Crippen LogP contribution is -2.38. The maximum atomic E-state index is 12.2. The number of amides is 1. The number of hydrogen-bond donors (Lipinski definition) is 1. The Balaban J connectivity index is 1.69. The van der Waals surface area contributed by atoms with Gasteiger partial charge in [-0.25, -0.2) is 0 Å². The lowest BCUT2D eigenvalue weighted by Gasteiger charge is -2.15. The average Bonchev–Trinajstić information content (AvgIpc) is 3.18. The van der Waals surface area contributed by atoms with Crippen molar-refractivity contribution in [3.63, 3.8) is 0 Å². The minimum atomic E-state index is -0.461. The van der Waals surface area contributed by atoms with Gasteiger partial charge < -0.3 is 5.32 Å². The lowest BCUT2D eigenvalue weighted by atomic mass is 10.2. The minimum Gasteiger partial charge on any atom is -0.351 e. The molecule has 1 fully saturated rings. The van der Waals surface area contributed by atoms with Gasteiger partial charge in [-0.3, -0.25) is 4.79 Å². The number of halogens is 1. The highest BCUT2D eigenvalue weighted by Gasteiger charge is 2.23. The smallest absolute Gasteiger partial charge is 0.246 e. The zero-order chi connectivity index (χ0) is 15.5. The molecule has 1 amide bonds. The number of carbonyl (C=O) groups is 1.